The summed E-state index contributed by atoms with van der Waals surface area (Å²) in [6.45, 7) is 6.61. The number of piperidine rings is 1. The molecule has 1 aliphatic heterocycles. The molecule has 1 fully saturated rings. The minimum Gasteiger partial charge on any atom is -0.493 e. The Bertz CT molecular complexity index is 450. The van der Waals surface area contributed by atoms with Gasteiger partial charge in [0.05, 0.1) is 12.2 Å². The van der Waals surface area contributed by atoms with Gasteiger partial charge in [0.25, 0.3) is 0 Å². The van der Waals surface area contributed by atoms with Gasteiger partial charge in [-0.05, 0) is 43.9 Å². The SMILES string of the molecule is CC1CCCN(CCCOc2ccccc2C(N)=S)C1. The predicted octanol–water partition coefficient (Wildman–Crippen LogP) is 2.82. The van der Waals surface area contributed by atoms with E-state index in [0.29, 0.717) is 11.6 Å². The van der Waals surface area contributed by atoms with E-state index in [1.54, 1.807) is 0 Å². The van der Waals surface area contributed by atoms with E-state index in [1.165, 1.54) is 25.9 Å². The van der Waals surface area contributed by atoms with Crippen molar-refractivity contribution in [2.45, 2.75) is 26.2 Å². The third-order valence-electron chi connectivity index (χ3n) is 3.77. The van der Waals surface area contributed by atoms with Gasteiger partial charge >= 0.3 is 0 Å². The van der Waals surface area contributed by atoms with Crippen molar-refractivity contribution >= 4 is 17.2 Å². The molecule has 0 amide bonds. The third-order valence-corrected chi connectivity index (χ3v) is 3.99. The Morgan fingerprint density at radius 1 is 1.45 bits per heavy atom. The van der Waals surface area contributed by atoms with E-state index in [2.05, 4.69) is 11.8 Å². The standard InChI is InChI=1S/C16H24N2OS/c1-13-6-4-9-18(12-13)10-5-11-19-15-8-3-2-7-14(15)16(17)20/h2-3,7-8,13H,4-6,9-12H2,1H3,(H2,17,20). The first-order chi connectivity index (χ1) is 9.66. The second-order valence-corrected chi connectivity index (χ2v) is 6.05. The first-order valence-corrected chi connectivity index (χ1v) is 7.81. The zero-order chi connectivity index (χ0) is 14.4. The summed E-state index contributed by atoms with van der Waals surface area (Å²) in [5.41, 5.74) is 6.52. The minimum atomic E-state index is 0.394. The van der Waals surface area contributed by atoms with Crippen molar-refractivity contribution in [3.05, 3.63) is 29.8 Å². The van der Waals surface area contributed by atoms with Gasteiger partial charge in [0, 0.05) is 13.1 Å². The van der Waals surface area contributed by atoms with Crippen LogP contribution >= 0.6 is 12.2 Å². The number of hydrogen-bond donors (Lipinski definition) is 1. The largest absolute Gasteiger partial charge is 0.493 e. The molecule has 1 aliphatic rings. The van der Waals surface area contributed by atoms with Crippen molar-refractivity contribution in [2.24, 2.45) is 11.7 Å². The number of benzene rings is 1. The number of thiocarbonyl (C=S) groups is 1. The van der Waals surface area contributed by atoms with E-state index in [4.69, 9.17) is 22.7 Å². The number of likely N-dealkylation sites (tertiary alicyclic amines) is 1. The molecule has 2 N–H and O–H groups in total. The maximum Gasteiger partial charge on any atom is 0.129 e. The fourth-order valence-corrected chi connectivity index (χ4v) is 2.92. The van der Waals surface area contributed by atoms with Gasteiger partial charge in [-0.15, -0.1) is 0 Å². The molecule has 0 aliphatic carbocycles. The van der Waals surface area contributed by atoms with Crippen LogP contribution in [0.2, 0.25) is 0 Å². The lowest BCUT2D eigenvalue weighted by Gasteiger charge is -2.30. The van der Waals surface area contributed by atoms with E-state index in [1.807, 2.05) is 24.3 Å². The number of rotatable bonds is 6. The molecule has 1 atom stereocenters. The molecular formula is C16H24N2OS. The maximum atomic E-state index is 5.82. The van der Waals surface area contributed by atoms with Crippen LogP contribution in [0.4, 0.5) is 0 Å². The average Bonchev–Trinajstić information content (AvgIpc) is 2.44. The van der Waals surface area contributed by atoms with Gasteiger partial charge in [-0.1, -0.05) is 31.3 Å². The number of para-hydroxylation sites is 1. The summed E-state index contributed by atoms with van der Waals surface area (Å²) in [6, 6.07) is 7.71. The lowest BCUT2D eigenvalue weighted by Crippen LogP contribution is -2.35. The van der Waals surface area contributed by atoms with Crippen molar-refractivity contribution < 1.29 is 4.74 Å². The summed E-state index contributed by atoms with van der Waals surface area (Å²) < 4.78 is 5.82. The van der Waals surface area contributed by atoms with Gasteiger partial charge in [-0.3, -0.25) is 0 Å². The summed E-state index contributed by atoms with van der Waals surface area (Å²) >= 11 is 5.03. The molecule has 1 unspecified atom stereocenters. The predicted molar refractivity (Wildman–Crippen MR) is 87.3 cm³/mol. The molecule has 0 aromatic heterocycles. The second kappa shape index (κ2) is 7.60. The van der Waals surface area contributed by atoms with Gasteiger partial charge in [-0.25, -0.2) is 0 Å². The van der Waals surface area contributed by atoms with Crippen LogP contribution in [0, 0.1) is 5.92 Å². The van der Waals surface area contributed by atoms with Gasteiger partial charge in [-0.2, -0.15) is 0 Å². The Morgan fingerprint density at radius 3 is 3.00 bits per heavy atom. The Hall–Kier alpha value is -1.13. The molecule has 0 radical (unpaired) electrons. The van der Waals surface area contributed by atoms with E-state index >= 15 is 0 Å². The topological polar surface area (TPSA) is 38.5 Å². The minimum absolute atomic E-state index is 0.394. The van der Waals surface area contributed by atoms with Crippen LogP contribution in [-0.2, 0) is 0 Å². The first kappa shape index (κ1) is 15.3. The molecule has 4 heteroatoms. The maximum absolute atomic E-state index is 5.82. The van der Waals surface area contributed by atoms with Gasteiger partial charge in [0.1, 0.15) is 10.7 Å². The molecule has 110 valence electrons. The first-order valence-electron chi connectivity index (χ1n) is 7.41. The van der Waals surface area contributed by atoms with Crippen molar-refractivity contribution in [1.82, 2.24) is 4.90 Å². The molecule has 1 aromatic rings. The van der Waals surface area contributed by atoms with Crippen LogP contribution in [0.25, 0.3) is 0 Å². The summed E-state index contributed by atoms with van der Waals surface area (Å²) in [5.74, 6) is 1.63. The van der Waals surface area contributed by atoms with E-state index in [9.17, 15) is 0 Å². The zero-order valence-electron chi connectivity index (χ0n) is 12.2. The van der Waals surface area contributed by atoms with Gasteiger partial charge < -0.3 is 15.4 Å². The summed E-state index contributed by atoms with van der Waals surface area (Å²) in [4.78, 5) is 2.93. The monoisotopic (exact) mass is 292 g/mol. The highest BCUT2D eigenvalue weighted by molar-refractivity contribution is 7.80. The molecular weight excluding hydrogens is 268 g/mol. The summed E-state index contributed by atoms with van der Waals surface area (Å²) in [6.07, 6.45) is 3.74. The highest BCUT2D eigenvalue weighted by Gasteiger charge is 2.15. The van der Waals surface area contributed by atoms with Crippen LogP contribution in [0.5, 0.6) is 5.75 Å². The Kier molecular flexibility index (Phi) is 5.80. The molecule has 20 heavy (non-hydrogen) atoms. The Morgan fingerprint density at radius 2 is 2.25 bits per heavy atom. The van der Waals surface area contributed by atoms with Crippen LogP contribution in [0.3, 0.4) is 0 Å². The molecule has 1 heterocycles. The van der Waals surface area contributed by atoms with Gasteiger partial charge in [0.15, 0.2) is 0 Å². The summed E-state index contributed by atoms with van der Waals surface area (Å²) in [5, 5.41) is 0. The fourth-order valence-electron chi connectivity index (χ4n) is 2.76. The highest BCUT2D eigenvalue weighted by Crippen LogP contribution is 2.18. The lowest BCUT2D eigenvalue weighted by molar-refractivity contribution is 0.170. The molecule has 3 nitrogen and oxygen atoms in total. The Balaban J connectivity index is 1.74. The van der Waals surface area contributed by atoms with Gasteiger partial charge in [0.2, 0.25) is 0 Å². The normalized spacial score (nSPS) is 19.8. The highest BCUT2D eigenvalue weighted by atomic mass is 32.1. The second-order valence-electron chi connectivity index (χ2n) is 5.61. The number of hydrogen-bond acceptors (Lipinski definition) is 3. The molecule has 1 aromatic carbocycles. The lowest BCUT2D eigenvalue weighted by atomic mass is 10.0. The van der Waals surface area contributed by atoms with Crippen LogP contribution < -0.4 is 10.5 Å². The van der Waals surface area contributed by atoms with E-state index in [-0.39, 0.29) is 0 Å². The zero-order valence-corrected chi connectivity index (χ0v) is 13.0. The van der Waals surface area contributed by atoms with Crippen LogP contribution in [0.1, 0.15) is 31.7 Å². The number of nitrogens with two attached hydrogens (primary N) is 1. The average molecular weight is 292 g/mol. The van der Waals surface area contributed by atoms with Crippen molar-refractivity contribution in [3.63, 3.8) is 0 Å². The van der Waals surface area contributed by atoms with E-state index < -0.39 is 0 Å². The van der Waals surface area contributed by atoms with Crippen LogP contribution in [0.15, 0.2) is 24.3 Å². The van der Waals surface area contributed by atoms with Crippen molar-refractivity contribution in [3.8, 4) is 5.75 Å². The molecule has 1 saturated heterocycles. The van der Waals surface area contributed by atoms with E-state index in [0.717, 1.165) is 30.2 Å². The molecule has 0 bridgehead atoms. The van der Waals surface area contributed by atoms with Crippen molar-refractivity contribution in [1.29, 1.82) is 0 Å². The van der Waals surface area contributed by atoms with Crippen LogP contribution in [-0.4, -0.2) is 36.1 Å². The fraction of sp³-hybridized carbons (Fsp3) is 0.562. The Labute approximate surface area is 127 Å². The molecule has 2 rings (SSSR count). The number of nitrogens with zero attached hydrogens (tertiary/aromatic N) is 1. The summed E-state index contributed by atoms with van der Waals surface area (Å²) in [7, 11) is 0. The molecule has 0 saturated carbocycles. The third kappa shape index (κ3) is 4.46. The smallest absolute Gasteiger partial charge is 0.129 e. The molecule has 0 spiro atoms. The number of ether oxygens (including phenoxy) is 1. The quantitative estimate of drug-likeness (QED) is 0.646. The van der Waals surface area contributed by atoms with Crippen molar-refractivity contribution in [2.75, 3.05) is 26.2 Å².